The number of hydrogen-bond donors (Lipinski definition) is 1. The minimum Gasteiger partial charge on any atom is -0.344 e. The molecule has 1 unspecified atom stereocenters. The van der Waals surface area contributed by atoms with E-state index >= 15 is 0 Å². The van der Waals surface area contributed by atoms with Gasteiger partial charge in [0.25, 0.3) is 5.91 Å². The second-order valence-corrected chi connectivity index (χ2v) is 7.09. The van der Waals surface area contributed by atoms with Gasteiger partial charge in [-0.05, 0) is 66.2 Å². The molecule has 1 amide bonds. The Labute approximate surface area is 151 Å². The number of amides is 1. The molecule has 4 heteroatoms. The molecule has 3 rings (SSSR count). The first-order chi connectivity index (χ1) is 11.2. The minimum atomic E-state index is 0.00282. The van der Waals surface area contributed by atoms with Gasteiger partial charge in [0.2, 0.25) is 0 Å². The largest absolute Gasteiger partial charge is 0.344 e. The molecule has 1 aliphatic rings. The molecule has 0 aliphatic carbocycles. The number of nitrogens with zero attached hydrogens (tertiary/aromatic N) is 1. The van der Waals surface area contributed by atoms with Gasteiger partial charge in [-0.2, -0.15) is 0 Å². The van der Waals surface area contributed by atoms with Crippen LogP contribution >= 0.6 is 22.6 Å². The average molecular weight is 420 g/mol. The van der Waals surface area contributed by atoms with Gasteiger partial charge in [-0.1, -0.05) is 42.5 Å². The fourth-order valence-corrected chi connectivity index (χ4v) is 3.66. The number of halogens is 1. The molecule has 0 spiro atoms. The first-order valence-corrected chi connectivity index (χ1v) is 9.14. The van der Waals surface area contributed by atoms with Crippen LogP contribution < -0.4 is 5.32 Å². The molecule has 1 fully saturated rings. The second kappa shape index (κ2) is 7.93. The maximum atomic E-state index is 12.7. The van der Waals surface area contributed by atoms with Crippen LogP contribution in [0.2, 0.25) is 0 Å². The van der Waals surface area contributed by atoms with Crippen molar-refractivity contribution in [2.75, 3.05) is 19.6 Å². The van der Waals surface area contributed by atoms with E-state index in [0.717, 1.165) is 28.8 Å². The van der Waals surface area contributed by atoms with Gasteiger partial charge in [-0.25, -0.2) is 0 Å². The number of hydrogen-bond acceptors (Lipinski definition) is 2. The van der Waals surface area contributed by atoms with E-state index in [1.165, 1.54) is 18.4 Å². The molecule has 0 bridgehead atoms. The molecule has 0 saturated carbocycles. The molecule has 1 aliphatic heterocycles. The highest BCUT2D eigenvalue weighted by Crippen LogP contribution is 2.19. The van der Waals surface area contributed by atoms with E-state index in [0.29, 0.717) is 0 Å². The van der Waals surface area contributed by atoms with Crippen LogP contribution in [0.4, 0.5) is 0 Å². The number of likely N-dealkylation sites (tertiary alicyclic amines) is 1. The predicted molar refractivity (Wildman–Crippen MR) is 101 cm³/mol. The standard InChI is InChI=1S/C19H21IN2O/c20-17-11-5-4-10-16(17)19(23)21-18(14-22-12-6-7-13-22)15-8-2-1-3-9-15/h1-5,8-11,18H,6-7,12-14H2,(H,21,23). The Kier molecular flexibility index (Phi) is 5.67. The van der Waals surface area contributed by atoms with Crippen molar-refractivity contribution in [1.82, 2.24) is 10.2 Å². The van der Waals surface area contributed by atoms with E-state index in [2.05, 4.69) is 44.9 Å². The molecule has 1 N–H and O–H groups in total. The zero-order chi connectivity index (χ0) is 16.1. The summed E-state index contributed by atoms with van der Waals surface area (Å²) in [5.74, 6) is 0.00282. The van der Waals surface area contributed by atoms with Gasteiger partial charge in [0.05, 0.1) is 11.6 Å². The summed E-state index contributed by atoms with van der Waals surface area (Å²) in [6, 6.07) is 18.0. The van der Waals surface area contributed by atoms with Crippen molar-refractivity contribution < 1.29 is 4.79 Å². The number of carbonyl (C=O) groups is 1. The molecule has 23 heavy (non-hydrogen) atoms. The Balaban J connectivity index is 1.78. The molecule has 2 aromatic rings. The SMILES string of the molecule is O=C(NC(CN1CCCC1)c1ccccc1)c1ccccc1I. The lowest BCUT2D eigenvalue weighted by Crippen LogP contribution is -2.37. The second-order valence-electron chi connectivity index (χ2n) is 5.92. The number of benzene rings is 2. The molecule has 1 saturated heterocycles. The maximum Gasteiger partial charge on any atom is 0.252 e. The van der Waals surface area contributed by atoms with Gasteiger partial charge in [0, 0.05) is 10.1 Å². The fourth-order valence-electron chi connectivity index (χ4n) is 3.02. The third-order valence-electron chi connectivity index (χ3n) is 4.27. The third kappa shape index (κ3) is 4.32. The smallest absolute Gasteiger partial charge is 0.252 e. The summed E-state index contributed by atoms with van der Waals surface area (Å²) >= 11 is 2.22. The van der Waals surface area contributed by atoms with Crippen molar-refractivity contribution in [2.45, 2.75) is 18.9 Å². The molecule has 3 nitrogen and oxygen atoms in total. The fraction of sp³-hybridized carbons (Fsp3) is 0.316. The predicted octanol–water partition coefficient (Wildman–Crippen LogP) is 3.86. The zero-order valence-electron chi connectivity index (χ0n) is 13.0. The van der Waals surface area contributed by atoms with Crippen LogP contribution in [-0.4, -0.2) is 30.4 Å². The lowest BCUT2D eigenvalue weighted by Gasteiger charge is -2.25. The van der Waals surface area contributed by atoms with Crippen molar-refractivity contribution in [3.05, 3.63) is 69.3 Å². The summed E-state index contributed by atoms with van der Waals surface area (Å²) in [7, 11) is 0. The topological polar surface area (TPSA) is 32.3 Å². The Bertz CT molecular complexity index is 653. The number of carbonyl (C=O) groups excluding carboxylic acids is 1. The van der Waals surface area contributed by atoms with Crippen LogP contribution in [-0.2, 0) is 0 Å². The van der Waals surface area contributed by atoms with Crippen molar-refractivity contribution in [3.63, 3.8) is 0 Å². The Morgan fingerprint density at radius 3 is 2.39 bits per heavy atom. The van der Waals surface area contributed by atoms with E-state index in [9.17, 15) is 4.79 Å². The summed E-state index contributed by atoms with van der Waals surface area (Å²) < 4.78 is 0.982. The van der Waals surface area contributed by atoms with Gasteiger partial charge in [-0.3, -0.25) is 4.79 Å². The molecule has 0 aromatic heterocycles. The Hall–Kier alpha value is -1.40. The van der Waals surface area contributed by atoms with Crippen LogP contribution in [0.15, 0.2) is 54.6 Å². The highest BCUT2D eigenvalue weighted by atomic mass is 127. The Morgan fingerprint density at radius 1 is 1.04 bits per heavy atom. The lowest BCUT2D eigenvalue weighted by molar-refractivity contribution is 0.0926. The quantitative estimate of drug-likeness (QED) is 0.746. The van der Waals surface area contributed by atoms with Crippen molar-refractivity contribution in [2.24, 2.45) is 0 Å². The molecule has 2 aromatic carbocycles. The summed E-state index contributed by atoms with van der Waals surface area (Å²) in [6.07, 6.45) is 2.51. The molecule has 120 valence electrons. The van der Waals surface area contributed by atoms with E-state index in [1.807, 2.05) is 42.5 Å². The molecule has 1 heterocycles. The first-order valence-electron chi connectivity index (χ1n) is 8.07. The Morgan fingerprint density at radius 2 is 1.70 bits per heavy atom. The normalized spacial score (nSPS) is 16.2. The highest BCUT2D eigenvalue weighted by molar-refractivity contribution is 14.1. The summed E-state index contributed by atoms with van der Waals surface area (Å²) in [4.78, 5) is 15.1. The molecule has 1 atom stereocenters. The maximum absolute atomic E-state index is 12.7. The third-order valence-corrected chi connectivity index (χ3v) is 5.21. The number of rotatable bonds is 5. The molecular formula is C19H21IN2O. The summed E-state index contributed by atoms with van der Waals surface area (Å²) in [5.41, 5.74) is 1.91. The molecule has 0 radical (unpaired) electrons. The highest BCUT2D eigenvalue weighted by Gasteiger charge is 2.21. The van der Waals surface area contributed by atoms with Gasteiger partial charge >= 0.3 is 0 Å². The van der Waals surface area contributed by atoms with E-state index in [1.54, 1.807) is 0 Å². The van der Waals surface area contributed by atoms with E-state index in [4.69, 9.17) is 0 Å². The van der Waals surface area contributed by atoms with Crippen molar-refractivity contribution >= 4 is 28.5 Å². The van der Waals surface area contributed by atoms with Crippen molar-refractivity contribution in [1.29, 1.82) is 0 Å². The molecular weight excluding hydrogens is 399 g/mol. The van der Waals surface area contributed by atoms with Crippen LogP contribution in [0.5, 0.6) is 0 Å². The van der Waals surface area contributed by atoms with E-state index in [-0.39, 0.29) is 11.9 Å². The number of nitrogens with one attached hydrogen (secondary N) is 1. The van der Waals surface area contributed by atoms with Crippen LogP contribution in [0.25, 0.3) is 0 Å². The summed E-state index contributed by atoms with van der Waals surface area (Å²) in [6.45, 7) is 3.13. The zero-order valence-corrected chi connectivity index (χ0v) is 15.2. The summed E-state index contributed by atoms with van der Waals surface area (Å²) in [5, 5.41) is 3.23. The van der Waals surface area contributed by atoms with Gasteiger partial charge in [0.1, 0.15) is 0 Å². The average Bonchev–Trinajstić information content (AvgIpc) is 3.08. The van der Waals surface area contributed by atoms with Crippen LogP contribution in [0.1, 0.15) is 34.8 Å². The van der Waals surface area contributed by atoms with Crippen molar-refractivity contribution in [3.8, 4) is 0 Å². The first kappa shape index (κ1) is 16.5. The van der Waals surface area contributed by atoms with Gasteiger partial charge < -0.3 is 10.2 Å². The minimum absolute atomic E-state index is 0.00282. The van der Waals surface area contributed by atoms with Gasteiger partial charge in [-0.15, -0.1) is 0 Å². The lowest BCUT2D eigenvalue weighted by atomic mass is 10.1. The van der Waals surface area contributed by atoms with Crippen LogP contribution in [0, 0.1) is 3.57 Å². The van der Waals surface area contributed by atoms with Gasteiger partial charge in [0.15, 0.2) is 0 Å². The van der Waals surface area contributed by atoms with Crippen LogP contribution in [0.3, 0.4) is 0 Å². The monoisotopic (exact) mass is 420 g/mol. The van der Waals surface area contributed by atoms with E-state index < -0.39 is 0 Å².